The molecule has 74 valence electrons. The first-order valence-corrected chi connectivity index (χ1v) is 4.47. The van der Waals surface area contributed by atoms with E-state index in [4.69, 9.17) is 0 Å². The van der Waals surface area contributed by atoms with Gasteiger partial charge in [0.25, 0.3) is 0 Å². The van der Waals surface area contributed by atoms with Crippen LogP contribution in [-0.2, 0) is 0 Å². The highest BCUT2D eigenvalue weighted by Gasteiger charge is 2.17. The van der Waals surface area contributed by atoms with Crippen molar-refractivity contribution in [2.75, 3.05) is 26.2 Å². The van der Waals surface area contributed by atoms with Gasteiger partial charge in [0, 0.05) is 26.2 Å². The average molecular weight is 175 g/mol. The molecule has 0 aliphatic carbocycles. The number of nitrogens with one attached hydrogen (secondary N) is 1. The molecule has 1 aliphatic heterocycles. The van der Waals surface area contributed by atoms with Crippen LogP contribution in [0.4, 0.5) is 0 Å². The van der Waals surface area contributed by atoms with Crippen molar-refractivity contribution < 1.29 is 5.11 Å². The van der Waals surface area contributed by atoms with Gasteiger partial charge in [-0.15, -0.1) is 0 Å². The summed E-state index contributed by atoms with van der Waals surface area (Å²) < 4.78 is 0. The predicted octanol–water partition coefficient (Wildman–Crippen LogP) is 0.172. The highest BCUT2D eigenvalue weighted by molar-refractivity contribution is 4.70. The van der Waals surface area contributed by atoms with Gasteiger partial charge < -0.3 is 16.6 Å². The topological polar surface area (TPSA) is 70.5 Å². The first-order valence-electron chi connectivity index (χ1n) is 4.47. The third kappa shape index (κ3) is 3.49. The number of hydrogen-bond acceptors (Lipinski definition) is 4. The van der Waals surface area contributed by atoms with Crippen LogP contribution in [0.2, 0.25) is 0 Å². The number of piperazine rings is 1. The summed E-state index contributed by atoms with van der Waals surface area (Å²) >= 11 is 0. The van der Waals surface area contributed by atoms with Gasteiger partial charge in [0.15, 0.2) is 0 Å². The quantitative estimate of drug-likeness (QED) is 0.572. The van der Waals surface area contributed by atoms with Crippen LogP contribution < -0.4 is 11.5 Å². The average Bonchev–Trinajstić information content (AvgIpc) is 2.03. The van der Waals surface area contributed by atoms with Crippen LogP contribution in [0.3, 0.4) is 0 Å². The van der Waals surface area contributed by atoms with Crippen molar-refractivity contribution in [1.82, 2.24) is 16.4 Å². The zero-order chi connectivity index (χ0) is 8.10. The highest BCUT2D eigenvalue weighted by atomic mass is 16.3. The van der Waals surface area contributed by atoms with E-state index in [0.717, 1.165) is 26.2 Å². The molecule has 0 saturated carbocycles. The lowest BCUT2D eigenvalue weighted by Gasteiger charge is -2.32. The van der Waals surface area contributed by atoms with E-state index in [0.29, 0.717) is 0 Å². The second-order valence-corrected chi connectivity index (χ2v) is 3.07. The summed E-state index contributed by atoms with van der Waals surface area (Å²) in [4.78, 5) is 2.14. The Morgan fingerprint density at radius 1 is 1.58 bits per heavy atom. The summed E-state index contributed by atoms with van der Waals surface area (Å²) in [6.07, 6.45) is 2.14. The molecule has 0 bridgehead atoms. The van der Waals surface area contributed by atoms with E-state index < -0.39 is 0 Å². The van der Waals surface area contributed by atoms with E-state index in [1.807, 2.05) is 0 Å². The van der Waals surface area contributed by atoms with Crippen molar-refractivity contribution in [2.45, 2.75) is 26.0 Å². The minimum atomic E-state index is -0.254. The largest absolute Gasteiger partial charge is 0.377 e. The standard InChI is InChI=1S/C8H18N2O.H3N/c1-2-3-5-10-6-4-9-7-8(10)11;/h8-9,11H,2-7H2,1H3;1H3. The second-order valence-electron chi connectivity index (χ2n) is 3.07. The Morgan fingerprint density at radius 3 is 2.92 bits per heavy atom. The van der Waals surface area contributed by atoms with Gasteiger partial charge in [-0.3, -0.25) is 4.90 Å². The molecule has 0 amide bonds. The Balaban J connectivity index is 0.00000121. The molecule has 0 spiro atoms. The van der Waals surface area contributed by atoms with Gasteiger partial charge in [0.05, 0.1) is 0 Å². The maximum atomic E-state index is 9.46. The van der Waals surface area contributed by atoms with Crippen molar-refractivity contribution in [3.05, 3.63) is 0 Å². The SMILES string of the molecule is CCCCN1CCNCC1O.N. The van der Waals surface area contributed by atoms with Crippen LogP contribution in [0.1, 0.15) is 19.8 Å². The smallest absolute Gasteiger partial charge is 0.120 e. The number of unbranched alkanes of at least 4 members (excludes halogenated alkanes) is 1. The highest BCUT2D eigenvalue weighted by Crippen LogP contribution is 2.01. The molecule has 0 aromatic heterocycles. The Labute approximate surface area is 74.5 Å². The van der Waals surface area contributed by atoms with Crippen molar-refractivity contribution in [3.8, 4) is 0 Å². The second kappa shape index (κ2) is 6.37. The third-order valence-electron chi connectivity index (χ3n) is 2.12. The maximum Gasteiger partial charge on any atom is 0.120 e. The maximum absolute atomic E-state index is 9.46. The first kappa shape index (κ1) is 11.8. The lowest BCUT2D eigenvalue weighted by atomic mass is 10.2. The molecule has 1 unspecified atom stereocenters. The lowest BCUT2D eigenvalue weighted by Crippen LogP contribution is -2.51. The summed E-state index contributed by atoms with van der Waals surface area (Å²) in [5, 5.41) is 12.6. The molecule has 4 nitrogen and oxygen atoms in total. The summed E-state index contributed by atoms with van der Waals surface area (Å²) in [7, 11) is 0. The Bertz CT molecular complexity index is 110. The van der Waals surface area contributed by atoms with Crippen molar-refractivity contribution >= 4 is 0 Å². The molecule has 1 atom stereocenters. The summed E-state index contributed by atoms with van der Waals surface area (Å²) in [5.74, 6) is 0. The zero-order valence-electron chi connectivity index (χ0n) is 7.92. The summed E-state index contributed by atoms with van der Waals surface area (Å²) in [5.41, 5.74) is 0. The molecular formula is C8H21N3O. The van der Waals surface area contributed by atoms with E-state index in [2.05, 4.69) is 17.1 Å². The monoisotopic (exact) mass is 175 g/mol. The molecule has 1 rings (SSSR count). The van der Waals surface area contributed by atoms with Crippen LogP contribution in [0, 0.1) is 0 Å². The van der Waals surface area contributed by atoms with Crippen LogP contribution in [0.5, 0.6) is 0 Å². The van der Waals surface area contributed by atoms with Gasteiger partial charge in [-0.25, -0.2) is 0 Å². The fourth-order valence-corrected chi connectivity index (χ4v) is 1.35. The Kier molecular flexibility index (Phi) is 6.28. The van der Waals surface area contributed by atoms with Gasteiger partial charge in [0.1, 0.15) is 6.23 Å². The fourth-order valence-electron chi connectivity index (χ4n) is 1.35. The minimum absolute atomic E-state index is 0. The third-order valence-corrected chi connectivity index (χ3v) is 2.12. The van der Waals surface area contributed by atoms with Crippen LogP contribution in [0.15, 0.2) is 0 Å². The van der Waals surface area contributed by atoms with Gasteiger partial charge in [-0.05, 0) is 6.42 Å². The molecule has 0 aromatic carbocycles. The Hall–Kier alpha value is -0.160. The summed E-state index contributed by atoms with van der Waals surface area (Å²) in [6.45, 7) is 5.94. The van der Waals surface area contributed by atoms with Gasteiger partial charge in [-0.2, -0.15) is 0 Å². The molecule has 12 heavy (non-hydrogen) atoms. The number of aliphatic hydroxyl groups is 1. The normalized spacial score (nSPS) is 25.0. The molecule has 1 saturated heterocycles. The molecule has 0 aromatic rings. The number of nitrogens with zero attached hydrogens (tertiary/aromatic N) is 1. The van der Waals surface area contributed by atoms with Gasteiger partial charge >= 0.3 is 0 Å². The van der Waals surface area contributed by atoms with Gasteiger partial charge in [-0.1, -0.05) is 13.3 Å². The first-order chi connectivity index (χ1) is 5.34. The number of rotatable bonds is 3. The van der Waals surface area contributed by atoms with E-state index in [1.165, 1.54) is 12.8 Å². The molecule has 1 aliphatic rings. The fraction of sp³-hybridized carbons (Fsp3) is 1.00. The Morgan fingerprint density at radius 2 is 2.33 bits per heavy atom. The molecule has 1 fully saturated rings. The lowest BCUT2D eigenvalue weighted by molar-refractivity contribution is -0.0130. The van der Waals surface area contributed by atoms with Crippen molar-refractivity contribution in [1.29, 1.82) is 0 Å². The van der Waals surface area contributed by atoms with Crippen LogP contribution in [-0.4, -0.2) is 42.4 Å². The van der Waals surface area contributed by atoms with E-state index in [1.54, 1.807) is 0 Å². The van der Waals surface area contributed by atoms with E-state index >= 15 is 0 Å². The van der Waals surface area contributed by atoms with E-state index in [9.17, 15) is 5.11 Å². The molecule has 4 heteroatoms. The molecule has 1 heterocycles. The zero-order valence-corrected chi connectivity index (χ0v) is 7.92. The van der Waals surface area contributed by atoms with Crippen molar-refractivity contribution in [3.63, 3.8) is 0 Å². The van der Waals surface area contributed by atoms with Gasteiger partial charge in [0.2, 0.25) is 0 Å². The number of β-amino-alcohol motifs (C(OH)–C–C–N with tert-alkyl or cyclic N) is 1. The number of aliphatic hydroxyl groups excluding tert-OH is 1. The predicted molar refractivity (Wildman–Crippen MR) is 50.4 cm³/mol. The number of hydrogen-bond donors (Lipinski definition) is 3. The van der Waals surface area contributed by atoms with Crippen LogP contribution >= 0.6 is 0 Å². The van der Waals surface area contributed by atoms with Crippen molar-refractivity contribution in [2.24, 2.45) is 0 Å². The molecule has 5 N–H and O–H groups in total. The summed E-state index contributed by atoms with van der Waals surface area (Å²) in [6, 6.07) is 0. The molecule has 0 radical (unpaired) electrons. The minimum Gasteiger partial charge on any atom is -0.377 e. The van der Waals surface area contributed by atoms with Crippen LogP contribution in [0.25, 0.3) is 0 Å². The van der Waals surface area contributed by atoms with E-state index in [-0.39, 0.29) is 12.4 Å². The molecular weight excluding hydrogens is 154 g/mol.